The molecular formula is C14H18O5. The number of carbonyl (C=O) groups excluding carboxylic acids is 1. The van der Waals surface area contributed by atoms with E-state index in [9.17, 15) is 9.59 Å². The van der Waals surface area contributed by atoms with Crippen LogP contribution in [-0.4, -0.2) is 30.8 Å². The first-order valence-corrected chi connectivity index (χ1v) is 6.04. The van der Waals surface area contributed by atoms with Gasteiger partial charge in [-0.15, -0.1) is 0 Å². The molecule has 0 heterocycles. The lowest BCUT2D eigenvalue weighted by molar-refractivity contribution is -0.151. The molecule has 0 radical (unpaired) electrons. The minimum absolute atomic E-state index is 0.235. The molecule has 0 amide bonds. The normalized spacial score (nSPS) is 11.8. The number of rotatable bonds is 8. The summed E-state index contributed by atoms with van der Waals surface area (Å²) in [6, 6.07) is 9.63. The van der Waals surface area contributed by atoms with E-state index in [-0.39, 0.29) is 6.42 Å². The smallest absolute Gasteiger partial charge is 0.309 e. The number of esters is 1. The standard InChI is InChI=1S/C14H18O5/c1-18-14(17)12(9-13(15)16)7-8-19-10-11-5-3-2-4-6-11/h2-6,12H,7-10H2,1H3,(H,15,16). The van der Waals surface area contributed by atoms with E-state index in [0.717, 1.165) is 5.56 Å². The first-order valence-electron chi connectivity index (χ1n) is 6.04. The Morgan fingerprint density at radius 3 is 2.53 bits per heavy atom. The van der Waals surface area contributed by atoms with E-state index in [4.69, 9.17) is 9.84 Å². The highest BCUT2D eigenvalue weighted by molar-refractivity contribution is 5.78. The molecule has 1 rings (SSSR count). The monoisotopic (exact) mass is 266 g/mol. The lowest BCUT2D eigenvalue weighted by Crippen LogP contribution is -2.21. The molecule has 19 heavy (non-hydrogen) atoms. The van der Waals surface area contributed by atoms with Crippen LogP contribution in [0, 0.1) is 5.92 Å². The van der Waals surface area contributed by atoms with Gasteiger partial charge in [-0.2, -0.15) is 0 Å². The molecule has 0 aromatic heterocycles. The van der Waals surface area contributed by atoms with Gasteiger partial charge >= 0.3 is 11.9 Å². The molecule has 0 aliphatic heterocycles. The molecule has 1 aromatic rings. The summed E-state index contributed by atoms with van der Waals surface area (Å²) in [5.41, 5.74) is 1.04. The van der Waals surface area contributed by atoms with Crippen LogP contribution in [0.3, 0.4) is 0 Å². The number of benzene rings is 1. The Labute approximate surface area is 112 Å². The average molecular weight is 266 g/mol. The molecule has 104 valence electrons. The number of methoxy groups -OCH3 is 1. The molecule has 1 N–H and O–H groups in total. The molecule has 0 fully saturated rings. The van der Waals surface area contributed by atoms with Crippen LogP contribution in [0.1, 0.15) is 18.4 Å². The summed E-state index contributed by atoms with van der Waals surface area (Å²) in [5, 5.41) is 8.71. The highest BCUT2D eigenvalue weighted by Gasteiger charge is 2.22. The maximum Gasteiger partial charge on any atom is 0.309 e. The van der Waals surface area contributed by atoms with E-state index < -0.39 is 17.9 Å². The van der Waals surface area contributed by atoms with Crippen molar-refractivity contribution in [1.82, 2.24) is 0 Å². The van der Waals surface area contributed by atoms with Crippen LogP contribution >= 0.6 is 0 Å². The van der Waals surface area contributed by atoms with E-state index in [2.05, 4.69) is 4.74 Å². The molecule has 5 nitrogen and oxygen atoms in total. The van der Waals surface area contributed by atoms with Crippen molar-refractivity contribution in [1.29, 1.82) is 0 Å². The maximum absolute atomic E-state index is 11.4. The molecule has 1 aromatic carbocycles. The largest absolute Gasteiger partial charge is 0.481 e. The van der Waals surface area contributed by atoms with Gasteiger partial charge in [0.2, 0.25) is 0 Å². The SMILES string of the molecule is COC(=O)C(CCOCc1ccccc1)CC(=O)O. The van der Waals surface area contributed by atoms with Gasteiger partial charge in [-0.25, -0.2) is 0 Å². The minimum Gasteiger partial charge on any atom is -0.481 e. The van der Waals surface area contributed by atoms with E-state index in [1.807, 2.05) is 30.3 Å². The Morgan fingerprint density at radius 2 is 1.95 bits per heavy atom. The molecule has 5 heteroatoms. The zero-order valence-corrected chi connectivity index (χ0v) is 10.9. The van der Waals surface area contributed by atoms with Crippen LogP contribution < -0.4 is 0 Å². The van der Waals surface area contributed by atoms with Crippen molar-refractivity contribution < 1.29 is 24.2 Å². The molecule has 0 saturated carbocycles. The van der Waals surface area contributed by atoms with Crippen molar-refractivity contribution >= 4 is 11.9 Å². The number of carbonyl (C=O) groups is 2. The van der Waals surface area contributed by atoms with Crippen molar-refractivity contribution in [2.45, 2.75) is 19.4 Å². The van der Waals surface area contributed by atoms with E-state index in [1.54, 1.807) is 0 Å². The molecule has 1 atom stereocenters. The first-order chi connectivity index (χ1) is 9.13. The number of carboxylic acid groups (broad SMARTS) is 1. The zero-order valence-electron chi connectivity index (χ0n) is 10.9. The van der Waals surface area contributed by atoms with E-state index in [1.165, 1.54) is 7.11 Å². The second-order valence-electron chi connectivity index (χ2n) is 4.14. The lowest BCUT2D eigenvalue weighted by atomic mass is 10.0. The first kappa shape index (κ1) is 15.2. The fraction of sp³-hybridized carbons (Fsp3) is 0.429. The summed E-state index contributed by atoms with van der Waals surface area (Å²) in [5.74, 6) is -2.18. The summed E-state index contributed by atoms with van der Waals surface area (Å²) < 4.78 is 10.00. The molecule has 0 spiro atoms. The molecule has 1 unspecified atom stereocenters. The summed E-state index contributed by atoms with van der Waals surface area (Å²) in [4.78, 5) is 22.0. The fourth-order valence-electron chi connectivity index (χ4n) is 1.67. The van der Waals surface area contributed by atoms with Crippen LogP contribution in [-0.2, 0) is 25.7 Å². The number of hydrogen-bond acceptors (Lipinski definition) is 4. The third-order valence-corrected chi connectivity index (χ3v) is 2.68. The van der Waals surface area contributed by atoms with Crippen molar-refractivity contribution in [2.75, 3.05) is 13.7 Å². The Bertz CT molecular complexity index is 402. The predicted molar refractivity (Wildman–Crippen MR) is 68.5 cm³/mol. The van der Waals surface area contributed by atoms with Crippen molar-refractivity contribution in [2.24, 2.45) is 5.92 Å². The summed E-state index contributed by atoms with van der Waals surface area (Å²) in [7, 11) is 1.25. The van der Waals surface area contributed by atoms with E-state index >= 15 is 0 Å². The quantitative estimate of drug-likeness (QED) is 0.574. The second-order valence-corrected chi connectivity index (χ2v) is 4.14. The van der Waals surface area contributed by atoms with E-state index in [0.29, 0.717) is 19.6 Å². The van der Waals surface area contributed by atoms with Gasteiger partial charge in [0, 0.05) is 6.61 Å². The van der Waals surface area contributed by atoms with Crippen molar-refractivity contribution in [3.63, 3.8) is 0 Å². The highest BCUT2D eigenvalue weighted by Crippen LogP contribution is 2.12. The van der Waals surface area contributed by atoms with Crippen LogP contribution in [0.25, 0.3) is 0 Å². The topological polar surface area (TPSA) is 72.8 Å². The summed E-state index contributed by atoms with van der Waals surface area (Å²) >= 11 is 0. The Balaban J connectivity index is 2.32. The van der Waals surface area contributed by atoms with Crippen LogP contribution in [0.4, 0.5) is 0 Å². The molecule has 0 bridgehead atoms. The number of carboxylic acids is 1. The minimum atomic E-state index is -1.02. The van der Waals surface area contributed by atoms with Crippen LogP contribution in [0.2, 0.25) is 0 Å². The van der Waals surface area contributed by atoms with Gasteiger partial charge in [0.25, 0.3) is 0 Å². The van der Waals surface area contributed by atoms with Crippen LogP contribution in [0.5, 0.6) is 0 Å². The van der Waals surface area contributed by atoms with Gasteiger partial charge in [0.1, 0.15) is 0 Å². The Kier molecular flexibility index (Phi) is 6.60. The van der Waals surface area contributed by atoms with Gasteiger partial charge in [-0.3, -0.25) is 9.59 Å². The van der Waals surface area contributed by atoms with Crippen LogP contribution in [0.15, 0.2) is 30.3 Å². The zero-order chi connectivity index (χ0) is 14.1. The number of aliphatic carboxylic acids is 1. The highest BCUT2D eigenvalue weighted by atomic mass is 16.5. The van der Waals surface area contributed by atoms with Crippen molar-refractivity contribution in [3.8, 4) is 0 Å². The third kappa shape index (κ3) is 6.01. The second kappa shape index (κ2) is 8.26. The third-order valence-electron chi connectivity index (χ3n) is 2.68. The maximum atomic E-state index is 11.4. The molecule has 0 aliphatic carbocycles. The molecule has 0 aliphatic rings. The Morgan fingerprint density at radius 1 is 1.26 bits per heavy atom. The fourth-order valence-corrected chi connectivity index (χ4v) is 1.67. The number of hydrogen-bond donors (Lipinski definition) is 1. The van der Waals surface area contributed by atoms with Gasteiger partial charge < -0.3 is 14.6 Å². The summed E-state index contributed by atoms with van der Waals surface area (Å²) in [6.45, 7) is 0.768. The van der Waals surface area contributed by atoms with Crippen molar-refractivity contribution in [3.05, 3.63) is 35.9 Å². The average Bonchev–Trinajstić information content (AvgIpc) is 2.42. The summed E-state index contributed by atoms with van der Waals surface area (Å²) in [6.07, 6.45) is 0.104. The van der Waals surface area contributed by atoms with Gasteiger partial charge in [-0.05, 0) is 12.0 Å². The molecular weight excluding hydrogens is 248 g/mol. The number of ether oxygens (including phenoxy) is 2. The Hall–Kier alpha value is -1.88. The lowest BCUT2D eigenvalue weighted by Gasteiger charge is -2.12. The van der Waals surface area contributed by atoms with Gasteiger partial charge in [0.05, 0.1) is 26.1 Å². The predicted octanol–water partition coefficient (Wildman–Crippen LogP) is 1.86. The van der Waals surface area contributed by atoms with Gasteiger partial charge in [-0.1, -0.05) is 30.3 Å². The molecule has 0 saturated heterocycles. The van der Waals surface area contributed by atoms with Gasteiger partial charge in [0.15, 0.2) is 0 Å².